The first-order valence-corrected chi connectivity index (χ1v) is 6.43. The fraction of sp³-hybridized carbons (Fsp3) is 0.917. The van der Waals surface area contributed by atoms with Gasteiger partial charge in [-0.2, -0.15) is 0 Å². The number of ether oxygens (including phenoxy) is 1. The van der Waals surface area contributed by atoms with Crippen LogP contribution in [0.1, 0.15) is 26.7 Å². The summed E-state index contributed by atoms with van der Waals surface area (Å²) in [6, 6.07) is -0.200. The lowest BCUT2D eigenvalue weighted by molar-refractivity contribution is -0.126. The largest absolute Gasteiger partial charge is 0.395 e. The minimum absolute atomic E-state index is 0.0100. The summed E-state index contributed by atoms with van der Waals surface area (Å²) in [6.07, 6.45) is 2.30. The Bertz CT molecular complexity index is 230. The number of likely N-dealkylation sites (N-methyl/N-ethyl adjacent to an activating group) is 1. The molecule has 1 aliphatic rings. The number of amides is 1. The van der Waals surface area contributed by atoms with Gasteiger partial charge in [-0.05, 0) is 26.3 Å². The van der Waals surface area contributed by atoms with Gasteiger partial charge in [0.05, 0.1) is 18.8 Å². The van der Waals surface area contributed by atoms with E-state index in [1.165, 1.54) is 0 Å². The lowest BCUT2D eigenvalue weighted by Crippen LogP contribution is -2.47. The summed E-state index contributed by atoms with van der Waals surface area (Å²) >= 11 is 0. The van der Waals surface area contributed by atoms with Crippen molar-refractivity contribution in [2.75, 3.05) is 32.8 Å². The highest BCUT2D eigenvalue weighted by Crippen LogP contribution is 2.10. The van der Waals surface area contributed by atoms with Crippen molar-refractivity contribution in [1.82, 2.24) is 10.2 Å². The highest BCUT2D eigenvalue weighted by atomic mass is 16.5. The first-order chi connectivity index (χ1) is 8.19. The number of hydrogen-bond donors (Lipinski definition) is 2. The Balaban J connectivity index is 2.29. The van der Waals surface area contributed by atoms with Gasteiger partial charge in [0, 0.05) is 19.7 Å². The van der Waals surface area contributed by atoms with Crippen molar-refractivity contribution in [2.45, 2.75) is 38.8 Å². The maximum absolute atomic E-state index is 11.9. The van der Waals surface area contributed by atoms with Gasteiger partial charge >= 0.3 is 0 Å². The van der Waals surface area contributed by atoms with Crippen molar-refractivity contribution < 1.29 is 14.6 Å². The first kappa shape index (κ1) is 14.4. The summed E-state index contributed by atoms with van der Waals surface area (Å²) in [5, 5.41) is 11.8. The van der Waals surface area contributed by atoms with Gasteiger partial charge in [0.15, 0.2) is 0 Å². The van der Waals surface area contributed by atoms with Crippen LogP contribution in [0.5, 0.6) is 0 Å². The Labute approximate surface area is 103 Å². The Morgan fingerprint density at radius 1 is 1.65 bits per heavy atom. The van der Waals surface area contributed by atoms with Gasteiger partial charge in [0.2, 0.25) is 5.91 Å². The third-order valence-electron chi connectivity index (χ3n) is 3.25. The molecule has 0 aromatic carbocycles. The van der Waals surface area contributed by atoms with Gasteiger partial charge in [-0.3, -0.25) is 9.69 Å². The smallest absolute Gasteiger partial charge is 0.237 e. The predicted molar refractivity (Wildman–Crippen MR) is 65.8 cm³/mol. The molecule has 17 heavy (non-hydrogen) atoms. The van der Waals surface area contributed by atoms with E-state index in [0.29, 0.717) is 13.1 Å². The number of carbonyl (C=O) groups excluding carboxylic acids is 1. The minimum Gasteiger partial charge on any atom is -0.395 e. The molecule has 2 atom stereocenters. The van der Waals surface area contributed by atoms with Gasteiger partial charge in [-0.15, -0.1) is 0 Å². The van der Waals surface area contributed by atoms with E-state index >= 15 is 0 Å². The van der Waals surface area contributed by atoms with E-state index < -0.39 is 0 Å². The number of carbonyl (C=O) groups is 1. The third kappa shape index (κ3) is 4.61. The van der Waals surface area contributed by atoms with E-state index in [0.717, 1.165) is 26.0 Å². The maximum atomic E-state index is 11.9. The van der Waals surface area contributed by atoms with Crippen molar-refractivity contribution in [3.63, 3.8) is 0 Å². The van der Waals surface area contributed by atoms with Crippen LogP contribution >= 0.6 is 0 Å². The molecule has 1 heterocycles. The number of rotatable bonds is 7. The van der Waals surface area contributed by atoms with E-state index in [9.17, 15) is 4.79 Å². The molecule has 1 saturated heterocycles. The Morgan fingerprint density at radius 3 is 2.94 bits per heavy atom. The average molecular weight is 244 g/mol. The molecule has 1 amide bonds. The second-order valence-corrected chi connectivity index (χ2v) is 4.41. The molecule has 5 heteroatoms. The van der Waals surface area contributed by atoms with E-state index in [-0.39, 0.29) is 24.7 Å². The zero-order chi connectivity index (χ0) is 12.7. The van der Waals surface area contributed by atoms with Crippen molar-refractivity contribution in [1.29, 1.82) is 0 Å². The molecule has 0 bridgehead atoms. The lowest BCUT2D eigenvalue weighted by Gasteiger charge is -2.26. The topological polar surface area (TPSA) is 61.8 Å². The van der Waals surface area contributed by atoms with Crippen LogP contribution in [0.15, 0.2) is 0 Å². The van der Waals surface area contributed by atoms with Gasteiger partial charge in [0.25, 0.3) is 0 Å². The van der Waals surface area contributed by atoms with Gasteiger partial charge in [-0.25, -0.2) is 0 Å². The molecule has 0 aromatic rings. The number of aliphatic hydroxyl groups is 1. The molecule has 0 saturated carbocycles. The van der Waals surface area contributed by atoms with Crippen LogP contribution in [0.4, 0.5) is 0 Å². The zero-order valence-electron chi connectivity index (χ0n) is 10.8. The van der Waals surface area contributed by atoms with Crippen molar-refractivity contribution in [3.05, 3.63) is 0 Å². The minimum atomic E-state index is -0.200. The molecule has 2 N–H and O–H groups in total. The molecular formula is C12H24N2O3. The first-order valence-electron chi connectivity index (χ1n) is 6.43. The van der Waals surface area contributed by atoms with Crippen LogP contribution in [-0.2, 0) is 9.53 Å². The van der Waals surface area contributed by atoms with Crippen LogP contribution < -0.4 is 5.32 Å². The second kappa shape index (κ2) is 7.63. The molecule has 1 fully saturated rings. The summed E-state index contributed by atoms with van der Waals surface area (Å²) in [5.41, 5.74) is 0. The lowest BCUT2D eigenvalue weighted by atomic mass is 10.2. The summed E-state index contributed by atoms with van der Waals surface area (Å²) < 4.78 is 5.45. The molecule has 5 nitrogen and oxygen atoms in total. The molecule has 1 rings (SSSR count). The number of aliphatic hydroxyl groups excluding tert-OH is 1. The summed E-state index contributed by atoms with van der Waals surface area (Å²) in [6.45, 7) is 6.63. The predicted octanol–water partition coefficient (Wildman–Crippen LogP) is -0.0157. The average Bonchev–Trinajstić information content (AvgIpc) is 2.85. The molecule has 2 unspecified atom stereocenters. The van der Waals surface area contributed by atoms with Crippen LogP contribution in [0, 0.1) is 0 Å². The fourth-order valence-corrected chi connectivity index (χ4v) is 2.09. The van der Waals surface area contributed by atoms with Crippen LogP contribution in [0.3, 0.4) is 0 Å². The Hall–Kier alpha value is -0.650. The van der Waals surface area contributed by atoms with E-state index in [1.807, 2.05) is 18.7 Å². The molecule has 100 valence electrons. The molecular weight excluding hydrogens is 220 g/mol. The second-order valence-electron chi connectivity index (χ2n) is 4.41. The number of nitrogens with one attached hydrogen (secondary N) is 1. The Morgan fingerprint density at radius 2 is 2.41 bits per heavy atom. The van der Waals surface area contributed by atoms with Crippen LogP contribution in [0.25, 0.3) is 0 Å². The molecule has 0 radical (unpaired) electrons. The summed E-state index contributed by atoms with van der Waals surface area (Å²) in [7, 11) is 0. The normalized spacial score (nSPS) is 21.8. The number of hydrogen-bond acceptors (Lipinski definition) is 4. The molecule has 0 aromatic heterocycles. The third-order valence-corrected chi connectivity index (χ3v) is 3.25. The monoisotopic (exact) mass is 244 g/mol. The molecule has 0 spiro atoms. The molecule has 0 aliphatic carbocycles. The maximum Gasteiger partial charge on any atom is 0.237 e. The van der Waals surface area contributed by atoms with Crippen LogP contribution in [0.2, 0.25) is 0 Å². The highest BCUT2D eigenvalue weighted by Gasteiger charge is 2.21. The number of nitrogens with zero attached hydrogens (tertiary/aromatic N) is 1. The van der Waals surface area contributed by atoms with Crippen LogP contribution in [-0.4, -0.2) is 60.9 Å². The molecule has 1 aliphatic heterocycles. The van der Waals surface area contributed by atoms with E-state index in [2.05, 4.69) is 5.32 Å². The highest BCUT2D eigenvalue weighted by molar-refractivity contribution is 5.81. The van der Waals surface area contributed by atoms with Gasteiger partial charge in [0.1, 0.15) is 0 Å². The van der Waals surface area contributed by atoms with Crippen molar-refractivity contribution in [3.8, 4) is 0 Å². The van der Waals surface area contributed by atoms with E-state index in [4.69, 9.17) is 9.84 Å². The zero-order valence-corrected chi connectivity index (χ0v) is 10.8. The van der Waals surface area contributed by atoms with E-state index in [1.54, 1.807) is 0 Å². The standard InChI is InChI=1S/C12H24N2O3/c1-3-14(6-7-15)10(2)12(16)13-9-11-5-4-8-17-11/h10-11,15H,3-9H2,1-2H3,(H,13,16). The Kier molecular flexibility index (Phi) is 6.47. The summed E-state index contributed by atoms with van der Waals surface area (Å²) in [5.74, 6) is 0.0100. The van der Waals surface area contributed by atoms with Gasteiger partial charge < -0.3 is 15.2 Å². The quantitative estimate of drug-likeness (QED) is 0.661. The van der Waals surface area contributed by atoms with Crippen molar-refractivity contribution in [2.24, 2.45) is 0 Å². The van der Waals surface area contributed by atoms with Crippen molar-refractivity contribution >= 4 is 5.91 Å². The summed E-state index contributed by atoms with van der Waals surface area (Å²) in [4.78, 5) is 13.8. The van der Waals surface area contributed by atoms with Gasteiger partial charge in [-0.1, -0.05) is 6.92 Å². The fourth-order valence-electron chi connectivity index (χ4n) is 2.09. The SMILES string of the molecule is CCN(CCO)C(C)C(=O)NCC1CCCO1.